The molecule has 24 heavy (non-hydrogen) atoms. The van der Waals surface area contributed by atoms with Crippen molar-refractivity contribution >= 4 is 5.78 Å². The highest BCUT2D eigenvalue weighted by Gasteiger charge is 2.05. The number of ether oxygens (including phenoxy) is 2. The molecule has 0 aromatic heterocycles. The van der Waals surface area contributed by atoms with Gasteiger partial charge in [0.2, 0.25) is 0 Å². The first kappa shape index (κ1) is 17.5. The van der Waals surface area contributed by atoms with E-state index in [4.69, 9.17) is 9.47 Å². The molecule has 0 N–H and O–H groups in total. The monoisotopic (exact) mass is 322 g/mol. The van der Waals surface area contributed by atoms with Gasteiger partial charge in [-0.1, -0.05) is 37.4 Å². The third-order valence-electron chi connectivity index (χ3n) is 3.62. The van der Waals surface area contributed by atoms with Gasteiger partial charge in [0, 0.05) is 12.8 Å². The van der Waals surface area contributed by atoms with Crippen LogP contribution < -0.4 is 9.47 Å². The lowest BCUT2D eigenvalue weighted by Gasteiger charge is -2.06. The number of carbonyl (C=O) groups excluding carboxylic acids is 1. The molecular formula is C21H22O3. The maximum absolute atomic E-state index is 12.1. The zero-order valence-electron chi connectivity index (χ0n) is 13.7. The van der Waals surface area contributed by atoms with E-state index in [1.54, 1.807) is 0 Å². The fraction of sp³-hybridized carbons (Fsp3) is 0.190. The van der Waals surface area contributed by atoms with Crippen molar-refractivity contribution in [1.82, 2.24) is 0 Å². The second kappa shape index (κ2) is 9.36. The van der Waals surface area contributed by atoms with Crippen molar-refractivity contribution in [3.8, 4) is 11.5 Å². The predicted molar refractivity (Wildman–Crippen MR) is 96.2 cm³/mol. The largest absolute Gasteiger partial charge is 0.466 e. The lowest BCUT2D eigenvalue weighted by Crippen LogP contribution is -2.02. The van der Waals surface area contributed by atoms with E-state index < -0.39 is 0 Å². The van der Waals surface area contributed by atoms with Crippen molar-refractivity contribution in [3.63, 3.8) is 0 Å². The zero-order chi connectivity index (χ0) is 17.2. The van der Waals surface area contributed by atoms with Gasteiger partial charge in [-0.15, -0.1) is 0 Å². The summed E-state index contributed by atoms with van der Waals surface area (Å²) in [5.41, 5.74) is 2.17. The number of hydrogen-bond acceptors (Lipinski definition) is 3. The Labute approximate surface area is 143 Å². The summed E-state index contributed by atoms with van der Waals surface area (Å²) in [4.78, 5) is 12.1. The normalized spacial score (nSPS) is 10.0. The van der Waals surface area contributed by atoms with Crippen molar-refractivity contribution in [1.29, 1.82) is 0 Å². The summed E-state index contributed by atoms with van der Waals surface area (Å²) in [5, 5.41) is 0. The summed E-state index contributed by atoms with van der Waals surface area (Å²) in [6.45, 7) is 7.08. The molecule has 0 aliphatic heterocycles. The Kier molecular flexibility index (Phi) is 6.84. The number of ketones is 1. The number of rotatable bonds is 10. The lowest BCUT2D eigenvalue weighted by molar-refractivity contribution is -0.119. The fourth-order valence-corrected chi connectivity index (χ4v) is 2.43. The van der Waals surface area contributed by atoms with E-state index in [0.717, 1.165) is 22.6 Å². The van der Waals surface area contributed by atoms with Gasteiger partial charge >= 0.3 is 0 Å². The highest BCUT2D eigenvalue weighted by Crippen LogP contribution is 2.17. The molecule has 0 heterocycles. The van der Waals surface area contributed by atoms with Gasteiger partial charge in [-0.25, -0.2) is 0 Å². The molecule has 2 aromatic carbocycles. The molecule has 0 aliphatic carbocycles. The van der Waals surface area contributed by atoms with E-state index in [1.807, 2.05) is 48.5 Å². The van der Waals surface area contributed by atoms with E-state index in [1.165, 1.54) is 12.5 Å². The van der Waals surface area contributed by atoms with Crippen LogP contribution in [0, 0.1) is 0 Å². The first-order valence-electron chi connectivity index (χ1n) is 7.96. The van der Waals surface area contributed by atoms with Gasteiger partial charge in [-0.05, 0) is 48.2 Å². The van der Waals surface area contributed by atoms with E-state index in [0.29, 0.717) is 25.7 Å². The van der Waals surface area contributed by atoms with Gasteiger partial charge in [0.05, 0.1) is 12.5 Å². The number of Topliss-reactive ketones (excluding diaryl/α,β-unsaturated/α-hetero) is 1. The number of aryl methyl sites for hydroxylation is 2. The van der Waals surface area contributed by atoms with E-state index in [2.05, 4.69) is 13.2 Å². The molecule has 3 nitrogen and oxygen atoms in total. The zero-order valence-corrected chi connectivity index (χ0v) is 13.7. The summed E-state index contributed by atoms with van der Waals surface area (Å²) < 4.78 is 10.5. The topological polar surface area (TPSA) is 35.5 Å². The number of carbonyl (C=O) groups is 1. The Morgan fingerprint density at radius 3 is 1.71 bits per heavy atom. The van der Waals surface area contributed by atoms with Gasteiger partial charge in [0.1, 0.15) is 17.3 Å². The van der Waals surface area contributed by atoms with Gasteiger partial charge in [0.25, 0.3) is 0 Å². The van der Waals surface area contributed by atoms with Crippen LogP contribution in [0.25, 0.3) is 0 Å². The Morgan fingerprint density at radius 1 is 0.833 bits per heavy atom. The molecule has 2 rings (SSSR count). The molecule has 0 amide bonds. The van der Waals surface area contributed by atoms with Gasteiger partial charge in [0.15, 0.2) is 0 Å². The third kappa shape index (κ3) is 5.76. The second-order valence-electron chi connectivity index (χ2n) is 5.40. The van der Waals surface area contributed by atoms with Gasteiger partial charge in [-0.2, -0.15) is 0 Å². The van der Waals surface area contributed by atoms with Gasteiger partial charge in [-0.3, -0.25) is 4.79 Å². The van der Waals surface area contributed by atoms with Crippen LogP contribution in [0.5, 0.6) is 11.5 Å². The number of benzene rings is 2. The van der Waals surface area contributed by atoms with Crippen molar-refractivity contribution in [2.45, 2.75) is 25.7 Å². The molecule has 0 atom stereocenters. The first-order chi connectivity index (χ1) is 11.7. The molecule has 0 bridgehead atoms. The Balaban J connectivity index is 1.81. The second-order valence-corrected chi connectivity index (χ2v) is 5.40. The van der Waals surface area contributed by atoms with Crippen molar-refractivity contribution in [2.24, 2.45) is 0 Å². The molecule has 124 valence electrons. The van der Waals surface area contributed by atoms with Crippen molar-refractivity contribution < 1.29 is 14.3 Å². The van der Waals surface area contributed by atoms with Crippen LogP contribution in [0.15, 0.2) is 74.2 Å². The predicted octanol–water partition coefficient (Wildman–Crippen LogP) is 4.87. The standard InChI is InChI=1S/C21H22O3/c1-3-23-20-9-5-7-17(15-20)11-13-19(22)14-12-18-8-6-10-21(16-18)24-4-2/h3-10,15-16H,1-2,11-14H2. The van der Waals surface area contributed by atoms with Crippen LogP contribution in [0.4, 0.5) is 0 Å². The quantitative estimate of drug-likeness (QED) is 0.586. The minimum Gasteiger partial charge on any atom is -0.466 e. The van der Waals surface area contributed by atoms with E-state index in [-0.39, 0.29) is 5.78 Å². The third-order valence-corrected chi connectivity index (χ3v) is 3.62. The summed E-state index contributed by atoms with van der Waals surface area (Å²) in [5.74, 6) is 1.74. The van der Waals surface area contributed by atoms with Crippen LogP contribution in [0.1, 0.15) is 24.0 Å². The average Bonchev–Trinajstić information content (AvgIpc) is 2.59. The Hall–Kier alpha value is -2.81. The molecule has 0 saturated heterocycles. The molecule has 0 aliphatic rings. The van der Waals surface area contributed by atoms with E-state index in [9.17, 15) is 4.79 Å². The van der Waals surface area contributed by atoms with Crippen LogP contribution >= 0.6 is 0 Å². The summed E-state index contributed by atoms with van der Waals surface area (Å²) in [6, 6.07) is 15.4. The molecule has 0 saturated carbocycles. The maximum atomic E-state index is 12.1. The van der Waals surface area contributed by atoms with Crippen LogP contribution in [-0.2, 0) is 17.6 Å². The first-order valence-corrected chi connectivity index (χ1v) is 7.96. The SMILES string of the molecule is C=COc1cccc(CCC(=O)CCc2cccc(OC=C)c2)c1. The van der Waals surface area contributed by atoms with Gasteiger partial charge < -0.3 is 9.47 Å². The molecular weight excluding hydrogens is 300 g/mol. The molecule has 0 unspecified atom stereocenters. The summed E-state index contributed by atoms with van der Waals surface area (Å²) in [7, 11) is 0. The molecule has 3 heteroatoms. The highest BCUT2D eigenvalue weighted by atomic mass is 16.5. The Morgan fingerprint density at radius 2 is 1.29 bits per heavy atom. The van der Waals surface area contributed by atoms with Crippen LogP contribution in [-0.4, -0.2) is 5.78 Å². The van der Waals surface area contributed by atoms with Crippen LogP contribution in [0.3, 0.4) is 0 Å². The molecule has 0 radical (unpaired) electrons. The average molecular weight is 322 g/mol. The molecule has 2 aromatic rings. The lowest BCUT2D eigenvalue weighted by atomic mass is 10.0. The minimum absolute atomic E-state index is 0.250. The number of hydrogen-bond donors (Lipinski definition) is 0. The highest BCUT2D eigenvalue weighted by molar-refractivity contribution is 5.78. The fourth-order valence-electron chi connectivity index (χ4n) is 2.43. The molecule has 0 spiro atoms. The smallest absolute Gasteiger partial charge is 0.133 e. The van der Waals surface area contributed by atoms with Crippen LogP contribution in [0.2, 0.25) is 0 Å². The minimum atomic E-state index is 0.250. The molecule has 0 fully saturated rings. The summed E-state index contributed by atoms with van der Waals surface area (Å²) >= 11 is 0. The summed E-state index contributed by atoms with van der Waals surface area (Å²) in [6.07, 6.45) is 5.28. The maximum Gasteiger partial charge on any atom is 0.133 e. The van der Waals surface area contributed by atoms with Crippen molar-refractivity contribution in [3.05, 3.63) is 85.3 Å². The van der Waals surface area contributed by atoms with E-state index >= 15 is 0 Å². The van der Waals surface area contributed by atoms with Crippen molar-refractivity contribution in [2.75, 3.05) is 0 Å². The Bertz CT molecular complexity index is 644.